The number of methoxy groups -OCH3 is 2. The molecule has 0 aliphatic carbocycles. The Morgan fingerprint density at radius 3 is 2.58 bits per heavy atom. The molecule has 1 unspecified atom stereocenters. The molecule has 172 valence electrons. The van der Waals surface area contributed by atoms with Crippen molar-refractivity contribution >= 4 is 23.2 Å². The Kier molecular flexibility index (Phi) is 5.84. The van der Waals surface area contributed by atoms with Crippen LogP contribution >= 0.6 is 0 Å². The van der Waals surface area contributed by atoms with Gasteiger partial charge in [0.2, 0.25) is 5.91 Å². The van der Waals surface area contributed by atoms with Crippen LogP contribution in [0.5, 0.6) is 11.5 Å². The average molecular weight is 458 g/mol. The number of nitrogens with zero attached hydrogens (tertiary/aromatic N) is 3. The van der Waals surface area contributed by atoms with Gasteiger partial charge in [-0.3, -0.25) is 9.69 Å². The molecule has 1 aliphatic rings. The molecule has 2 aromatic heterocycles. The molecule has 4 rings (SSSR count). The normalized spacial score (nSPS) is 15.2. The van der Waals surface area contributed by atoms with Gasteiger partial charge in [-0.1, -0.05) is 6.07 Å². The SMILES string of the molecule is COc1ccc(NC(=O)C2Cc3cccnc3N2c2cc(C(F)(F)F)cc(C)n2)cc1OC. The Hall–Kier alpha value is -3.82. The number of rotatable bonds is 5. The van der Waals surface area contributed by atoms with E-state index in [1.54, 1.807) is 30.3 Å². The third kappa shape index (κ3) is 4.41. The summed E-state index contributed by atoms with van der Waals surface area (Å²) >= 11 is 0. The zero-order valence-electron chi connectivity index (χ0n) is 18.1. The van der Waals surface area contributed by atoms with Crippen molar-refractivity contribution in [3.8, 4) is 11.5 Å². The highest BCUT2D eigenvalue weighted by molar-refractivity contribution is 5.99. The maximum Gasteiger partial charge on any atom is 0.416 e. The van der Waals surface area contributed by atoms with Crippen LogP contribution in [0.1, 0.15) is 16.8 Å². The molecule has 0 bridgehead atoms. The molecule has 3 aromatic rings. The number of aryl methyl sites for hydroxylation is 1. The third-order valence-corrected chi connectivity index (χ3v) is 5.29. The maximum absolute atomic E-state index is 13.4. The molecule has 1 atom stereocenters. The van der Waals surface area contributed by atoms with Crippen molar-refractivity contribution < 1.29 is 27.4 Å². The molecule has 1 aliphatic heterocycles. The Morgan fingerprint density at radius 1 is 1.12 bits per heavy atom. The molecule has 1 amide bonds. The second-order valence-electron chi connectivity index (χ2n) is 7.49. The number of fused-ring (bicyclic) bond motifs is 1. The van der Waals surface area contributed by atoms with Gasteiger partial charge in [0, 0.05) is 30.1 Å². The fourth-order valence-electron chi connectivity index (χ4n) is 3.81. The van der Waals surface area contributed by atoms with E-state index < -0.39 is 23.7 Å². The minimum absolute atomic E-state index is 0.00670. The fraction of sp³-hybridized carbons (Fsp3) is 0.261. The Bertz CT molecular complexity index is 1200. The van der Waals surface area contributed by atoms with E-state index in [-0.39, 0.29) is 17.9 Å². The van der Waals surface area contributed by atoms with Gasteiger partial charge in [0.1, 0.15) is 17.7 Å². The van der Waals surface area contributed by atoms with Crippen molar-refractivity contribution in [2.24, 2.45) is 0 Å². The quantitative estimate of drug-likeness (QED) is 0.606. The number of benzene rings is 1. The molecule has 0 fully saturated rings. The van der Waals surface area contributed by atoms with Crippen LogP contribution in [0.2, 0.25) is 0 Å². The molecule has 0 saturated carbocycles. The summed E-state index contributed by atoms with van der Waals surface area (Å²) in [5.41, 5.74) is 0.535. The van der Waals surface area contributed by atoms with Crippen LogP contribution in [-0.4, -0.2) is 36.1 Å². The fourth-order valence-corrected chi connectivity index (χ4v) is 3.81. The number of halogens is 3. The number of pyridine rings is 2. The minimum Gasteiger partial charge on any atom is -0.493 e. The van der Waals surface area contributed by atoms with Crippen molar-refractivity contribution in [1.82, 2.24) is 9.97 Å². The summed E-state index contributed by atoms with van der Waals surface area (Å²) in [6.45, 7) is 1.48. The summed E-state index contributed by atoms with van der Waals surface area (Å²) in [6, 6.07) is 9.47. The number of alkyl halides is 3. The van der Waals surface area contributed by atoms with Crippen LogP contribution in [0.25, 0.3) is 0 Å². The first-order valence-electron chi connectivity index (χ1n) is 10.0. The van der Waals surface area contributed by atoms with Gasteiger partial charge in [0.15, 0.2) is 11.5 Å². The van der Waals surface area contributed by atoms with Crippen molar-refractivity contribution in [2.45, 2.75) is 25.6 Å². The smallest absolute Gasteiger partial charge is 0.416 e. The number of nitrogens with one attached hydrogen (secondary N) is 1. The molecule has 3 heterocycles. The number of hydrogen-bond acceptors (Lipinski definition) is 6. The van der Waals surface area contributed by atoms with Gasteiger partial charge in [0.05, 0.1) is 19.8 Å². The topological polar surface area (TPSA) is 76.6 Å². The zero-order chi connectivity index (χ0) is 23.8. The largest absolute Gasteiger partial charge is 0.493 e. The average Bonchev–Trinajstić information content (AvgIpc) is 3.18. The van der Waals surface area contributed by atoms with E-state index in [2.05, 4.69) is 15.3 Å². The first kappa shape index (κ1) is 22.4. The van der Waals surface area contributed by atoms with Crippen LogP contribution in [0.3, 0.4) is 0 Å². The second-order valence-corrected chi connectivity index (χ2v) is 7.49. The van der Waals surface area contributed by atoms with Gasteiger partial charge < -0.3 is 14.8 Å². The summed E-state index contributed by atoms with van der Waals surface area (Å²) in [6.07, 6.45) is -2.76. The lowest BCUT2D eigenvalue weighted by Crippen LogP contribution is -2.40. The standard InChI is InChI=1S/C23H21F3N4O3/c1-13-9-15(23(24,25)26)11-20(28-13)30-17(10-14-5-4-8-27-21(14)30)22(31)29-16-6-7-18(32-2)19(12-16)33-3/h4-9,11-12,17H,10H2,1-3H3,(H,29,31). The van der Waals surface area contributed by atoms with Gasteiger partial charge in [0.25, 0.3) is 0 Å². The molecule has 7 nitrogen and oxygen atoms in total. The predicted octanol–water partition coefficient (Wildman–Crippen LogP) is 4.52. The highest BCUT2D eigenvalue weighted by atomic mass is 19.4. The lowest BCUT2D eigenvalue weighted by atomic mass is 10.1. The number of hydrogen-bond donors (Lipinski definition) is 1. The van der Waals surface area contributed by atoms with Gasteiger partial charge >= 0.3 is 6.18 Å². The zero-order valence-corrected chi connectivity index (χ0v) is 18.1. The Balaban J connectivity index is 1.71. The van der Waals surface area contributed by atoms with Crippen LogP contribution in [0.15, 0.2) is 48.7 Å². The first-order chi connectivity index (χ1) is 15.7. The molecule has 10 heteroatoms. The Morgan fingerprint density at radius 2 is 1.88 bits per heavy atom. The van der Waals surface area contributed by atoms with E-state index in [9.17, 15) is 18.0 Å². The highest BCUT2D eigenvalue weighted by Gasteiger charge is 2.39. The summed E-state index contributed by atoms with van der Waals surface area (Å²) in [4.78, 5) is 23.3. The molecule has 1 aromatic carbocycles. The summed E-state index contributed by atoms with van der Waals surface area (Å²) in [5, 5.41) is 2.81. The molecule has 0 saturated heterocycles. The Labute approximate surface area is 188 Å². The number of carbonyl (C=O) groups excluding carboxylic acids is 1. The van der Waals surface area contributed by atoms with Crippen molar-refractivity contribution in [3.05, 3.63) is 65.5 Å². The van der Waals surface area contributed by atoms with E-state index >= 15 is 0 Å². The molecule has 0 spiro atoms. The van der Waals surface area contributed by atoms with Gasteiger partial charge in [-0.15, -0.1) is 0 Å². The molecular formula is C23H21F3N4O3. The molecule has 33 heavy (non-hydrogen) atoms. The lowest BCUT2D eigenvalue weighted by molar-refractivity contribution is -0.137. The van der Waals surface area contributed by atoms with Crippen molar-refractivity contribution in [3.63, 3.8) is 0 Å². The third-order valence-electron chi connectivity index (χ3n) is 5.29. The van der Waals surface area contributed by atoms with E-state index in [4.69, 9.17) is 9.47 Å². The molecular weight excluding hydrogens is 437 g/mol. The molecule has 0 radical (unpaired) electrons. The summed E-state index contributed by atoms with van der Waals surface area (Å²) < 4.78 is 50.8. The van der Waals surface area contributed by atoms with E-state index in [1.807, 2.05) is 0 Å². The number of anilines is 3. The van der Waals surface area contributed by atoms with Crippen molar-refractivity contribution in [2.75, 3.05) is 24.4 Å². The summed E-state index contributed by atoms with van der Waals surface area (Å²) in [5.74, 6) is 0.914. The second kappa shape index (κ2) is 8.61. The van der Waals surface area contributed by atoms with Gasteiger partial charge in [-0.2, -0.15) is 13.2 Å². The van der Waals surface area contributed by atoms with Crippen LogP contribution in [-0.2, 0) is 17.4 Å². The lowest BCUT2D eigenvalue weighted by Gasteiger charge is -2.26. The predicted molar refractivity (Wildman–Crippen MR) is 116 cm³/mol. The van der Waals surface area contributed by atoms with Crippen LogP contribution < -0.4 is 19.7 Å². The van der Waals surface area contributed by atoms with Gasteiger partial charge in [-0.05, 0) is 42.8 Å². The first-order valence-corrected chi connectivity index (χ1v) is 10.0. The van der Waals surface area contributed by atoms with E-state index in [1.165, 1.54) is 32.2 Å². The number of carbonyl (C=O) groups is 1. The minimum atomic E-state index is -4.55. The highest BCUT2D eigenvalue weighted by Crippen LogP contribution is 2.39. The number of ether oxygens (including phenoxy) is 2. The van der Waals surface area contributed by atoms with Crippen LogP contribution in [0, 0.1) is 6.92 Å². The monoisotopic (exact) mass is 458 g/mol. The summed E-state index contributed by atoms with van der Waals surface area (Å²) in [7, 11) is 2.98. The van der Waals surface area contributed by atoms with Crippen molar-refractivity contribution in [1.29, 1.82) is 0 Å². The van der Waals surface area contributed by atoms with Crippen LogP contribution in [0.4, 0.5) is 30.5 Å². The number of amides is 1. The van der Waals surface area contributed by atoms with Gasteiger partial charge in [-0.25, -0.2) is 9.97 Å². The van der Waals surface area contributed by atoms with E-state index in [0.29, 0.717) is 23.0 Å². The van der Waals surface area contributed by atoms with E-state index in [0.717, 1.165) is 17.7 Å². The maximum atomic E-state index is 13.4. The number of aromatic nitrogens is 2. The molecule has 1 N–H and O–H groups in total.